The van der Waals surface area contributed by atoms with Gasteiger partial charge in [0.1, 0.15) is 0 Å². The van der Waals surface area contributed by atoms with Gasteiger partial charge in [0.05, 0.1) is 5.69 Å². The topological polar surface area (TPSA) is 20.3 Å². The van der Waals surface area contributed by atoms with E-state index in [-0.39, 0.29) is 5.91 Å². The smallest absolute Gasteiger partial charge is 0.262 e. The molecule has 0 radical (unpaired) electrons. The second-order valence-corrected chi connectivity index (χ2v) is 7.82. The lowest BCUT2D eigenvalue weighted by molar-refractivity contribution is -0.118. The van der Waals surface area contributed by atoms with E-state index in [1.165, 1.54) is 11.2 Å². The third-order valence-electron chi connectivity index (χ3n) is 2.40. The summed E-state index contributed by atoms with van der Waals surface area (Å²) in [6, 6.07) is 6.77. The summed E-state index contributed by atoms with van der Waals surface area (Å²) < 4.78 is -0.0192. The van der Waals surface area contributed by atoms with Gasteiger partial charge in [-0.25, -0.2) is 4.31 Å². The average molecular weight is 331 g/mol. The monoisotopic (exact) mass is 329 g/mol. The van der Waals surface area contributed by atoms with Gasteiger partial charge in [0.25, 0.3) is 5.91 Å². The minimum absolute atomic E-state index is 0.350. The Hall–Kier alpha value is 0.200. The molecule has 0 aromatic heterocycles. The fourth-order valence-corrected chi connectivity index (χ4v) is 3.22. The van der Waals surface area contributed by atoms with Crippen molar-refractivity contribution < 1.29 is 4.79 Å². The van der Waals surface area contributed by atoms with Crippen molar-refractivity contribution in [1.29, 1.82) is 0 Å². The Bertz CT molecular complexity index is 460. The molecule has 1 fully saturated rings. The van der Waals surface area contributed by atoms with Gasteiger partial charge in [0, 0.05) is 17.0 Å². The van der Waals surface area contributed by atoms with Gasteiger partial charge in [-0.2, -0.15) is 0 Å². The first kappa shape index (κ1) is 13.6. The molecule has 0 spiro atoms. The van der Waals surface area contributed by atoms with Gasteiger partial charge < -0.3 is 0 Å². The van der Waals surface area contributed by atoms with E-state index in [1.807, 2.05) is 0 Å². The maximum atomic E-state index is 12.1. The standard InChI is InChI=1S/C10H7Cl4NOS/c1-9(12)8(16)15(17-10(9,13)14)7-4-2-6(11)3-5-7/h2-5H,1H3. The number of benzene rings is 1. The highest BCUT2D eigenvalue weighted by molar-refractivity contribution is 8.06. The molecule has 1 aliphatic rings. The molecular weight excluding hydrogens is 324 g/mol. The number of hydrogen-bond donors (Lipinski definition) is 0. The van der Waals surface area contributed by atoms with E-state index in [0.717, 1.165) is 11.9 Å². The maximum absolute atomic E-state index is 12.1. The maximum Gasteiger partial charge on any atom is 0.262 e. The Kier molecular flexibility index (Phi) is 3.52. The summed E-state index contributed by atoms with van der Waals surface area (Å²) in [4.78, 5) is 10.7. The van der Waals surface area contributed by atoms with Crippen LogP contribution in [0.25, 0.3) is 0 Å². The van der Waals surface area contributed by atoms with Gasteiger partial charge in [0.15, 0.2) is 4.87 Å². The molecule has 7 heteroatoms. The molecular formula is C10H7Cl4NOS. The van der Waals surface area contributed by atoms with Crippen molar-refractivity contribution in [2.75, 3.05) is 4.31 Å². The molecule has 0 N–H and O–H groups in total. The zero-order chi connectivity index (χ0) is 12.8. The molecule has 1 atom stereocenters. The van der Waals surface area contributed by atoms with Crippen LogP contribution in [0.3, 0.4) is 0 Å². The van der Waals surface area contributed by atoms with Gasteiger partial charge in [-0.15, -0.1) is 11.6 Å². The number of carbonyl (C=O) groups excluding carboxylic acids is 1. The Morgan fingerprint density at radius 2 is 1.71 bits per heavy atom. The largest absolute Gasteiger partial charge is 0.271 e. The van der Waals surface area contributed by atoms with Crippen molar-refractivity contribution in [2.24, 2.45) is 0 Å². The Balaban J connectivity index is 2.37. The number of alkyl halides is 3. The fourth-order valence-electron chi connectivity index (χ4n) is 1.30. The zero-order valence-electron chi connectivity index (χ0n) is 8.58. The summed E-state index contributed by atoms with van der Waals surface area (Å²) in [6.45, 7) is 1.50. The van der Waals surface area contributed by atoms with Crippen molar-refractivity contribution >= 4 is 69.9 Å². The molecule has 0 aliphatic carbocycles. The summed E-state index contributed by atoms with van der Waals surface area (Å²) in [5.74, 6) is -0.350. The lowest BCUT2D eigenvalue weighted by atomic mass is 10.2. The first-order valence-electron chi connectivity index (χ1n) is 4.62. The number of amides is 1. The van der Waals surface area contributed by atoms with E-state index in [2.05, 4.69) is 0 Å². The van der Waals surface area contributed by atoms with Crippen molar-refractivity contribution in [2.45, 2.75) is 15.5 Å². The van der Waals surface area contributed by atoms with Gasteiger partial charge in [-0.05, 0) is 31.2 Å². The highest BCUT2D eigenvalue weighted by Crippen LogP contribution is 2.57. The minimum atomic E-state index is -1.40. The predicted molar refractivity (Wildman–Crippen MR) is 75.2 cm³/mol. The van der Waals surface area contributed by atoms with Crippen LogP contribution in [0.4, 0.5) is 5.69 Å². The van der Waals surface area contributed by atoms with Crippen LogP contribution in [0.15, 0.2) is 24.3 Å². The molecule has 0 saturated carbocycles. The molecule has 2 nitrogen and oxygen atoms in total. The number of anilines is 1. The third kappa shape index (κ3) is 2.24. The quantitative estimate of drug-likeness (QED) is 0.559. The SMILES string of the molecule is CC1(Cl)C(=O)N(c2ccc(Cl)cc2)SC1(Cl)Cl. The lowest BCUT2D eigenvalue weighted by Crippen LogP contribution is -2.39. The van der Waals surface area contributed by atoms with Crippen molar-refractivity contribution in [3.63, 3.8) is 0 Å². The predicted octanol–water partition coefficient (Wildman–Crippen LogP) is 4.46. The number of halogens is 4. The summed E-state index contributed by atoms with van der Waals surface area (Å²) in [5.41, 5.74) is 0.638. The van der Waals surface area contributed by atoms with Crippen LogP contribution in [0.1, 0.15) is 6.92 Å². The van der Waals surface area contributed by atoms with E-state index in [9.17, 15) is 4.79 Å². The average Bonchev–Trinajstić information content (AvgIpc) is 2.40. The molecule has 92 valence electrons. The number of hydrogen-bond acceptors (Lipinski definition) is 2. The highest BCUT2D eigenvalue weighted by atomic mass is 35.5. The number of rotatable bonds is 1. The van der Waals surface area contributed by atoms with Gasteiger partial charge in [-0.3, -0.25) is 4.79 Å². The van der Waals surface area contributed by atoms with E-state index in [4.69, 9.17) is 46.4 Å². The molecule has 1 amide bonds. The Labute approximate surface area is 123 Å². The lowest BCUT2D eigenvalue weighted by Gasteiger charge is -2.20. The molecule has 1 heterocycles. The van der Waals surface area contributed by atoms with E-state index in [1.54, 1.807) is 24.3 Å². The Morgan fingerprint density at radius 1 is 1.18 bits per heavy atom. The van der Waals surface area contributed by atoms with Crippen LogP contribution in [-0.2, 0) is 4.79 Å². The Morgan fingerprint density at radius 3 is 2.12 bits per heavy atom. The molecule has 0 bridgehead atoms. The van der Waals surface area contributed by atoms with Crippen molar-refractivity contribution in [1.82, 2.24) is 0 Å². The molecule has 1 aromatic rings. The van der Waals surface area contributed by atoms with E-state index < -0.39 is 8.54 Å². The van der Waals surface area contributed by atoms with Gasteiger partial charge in [-0.1, -0.05) is 34.8 Å². The summed E-state index contributed by atoms with van der Waals surface area (Å²) in [7, 11) is 0. The van der Waals surface area contributed by atoms with Crippen LogP contribution >= 0.6 is 58.4 Å². The highest BCUT2D eigenvalue weighted by Gasteiger charge is 2.61. The second kappa shape index (κ2) is 4.39. The summed E-state index contributed by atoms with van der Waals surface area (Å²) in [6.07, 6.45) is 0. The van der Waals surface area contributed by atoms with Crippen LogP contribution in [0, 0.1) is 0 Å². The van der Waals surface area contributed by atoms with Crippen LogP contribution in [-0.4, -0.2) is 14.4 Å². The molecule has 1 aliphatic heterocycles. The van der Waals surface area contributed by atoms with E-state index in [0.29, 0.717) is 10.7 Å². The summed E-state index contributed by atoms with van der Waals surface area (Å²) >= 11 is 24.9. The van der Waals surface area contributed by atoms with Crippen molar-refractivity contribution in [3.8, 4) is 0 Å². The third-order valence-corrected chi connectivity index (χ3v) is 5.77. The minimum Gasteiger partial charge on any atom is -0.271 e. The van der Waals surface area contributed by atoms with Crippen LogP contribution < -0.4 is 4.31 Å². The first-order valence-corrected chi connectivity index (χ1v) is 6.90. The van der Waals surface area contributed by atoms with Crippen LogP contribution in [0.2, 0.25) is 5.02 Å². The molecule has 1 unspecified atom stereocenters. The molecule has 1 saturated heterocycles. The first-order chi connectivity index (χ1) is 7.75. The number of carbonyl (C=O) groups is 1. The second-order valence-electron chi connectivity index (χ2n) is 3.69. The van der Waals surface area contributed by atoms with Gasteiger partial charge in [0.2, 0.25) is 3.67 Å². The van der Waals surface area contributed by atoms with Crippen molar-refractivity contribution in [3.05, 3.63) is 29.3 Å². The normalized spacial score (nSPS) is 27.6. The van der Waals surface area contributed by atoms with Crippen LogP contribution in [0.5, 0.6) is 0 Å². The summed E-state index contributed by atoms with van der Waals surface area (Å²) in [5, 5.41) is 0.585. The number of nitrogens with zero attached hydrogens (tertiary/aromatic N) is 1. The molecule has 2 rings (SSSR count). The fraction of sp³-hybridized carbons (Fsp3) is 0.300. The molecule has 1 aromatic carbocycles. The van der Waals surface area contributed by atoms with E-state index >= 15 is 0 Å². The van der Waals surface area contributed by atoms with Gasteiger partial charge >= 0.3 is 0 Å². The zero-order valence-corrected chi connectivity index (χ0v) is 12.4. The molecule has 17 heavy (non-hydrogen) atoms.